The zero-order chi connectivity index (χ0) is 35.7. The molecular formula is C46H50AlN3. The van der Waals surface area contributed by atoms with E-state index in [9.17, 15) is 0 Å². The SMILES string of the molecule is Cc1ccc(C)cc1.Cc1ccc([N](c2cc(C)c(C)cc2C)[Al]2[N](c3ccc(C)cc3)c3cc(C)c(C)cc3[N]2c2ccc(C)cc2)cc1. The van der Waals surface area contributed by atoms with E-state index < -0.39 is 14.8 Å². The number of nitrogens with zero attached hydrogens (tertiary/aromatic N) is 3. The van der Waals surface area contributed by atoms with E-state index in [1.807, 2.05) is 0 Å². The highest BCUT2D eigenvalue weighted by Crippen LogP contribution is 2.50. The molecule has 0 aromatic heterocycles. The molecule has 50 heavy (non-hydrogen) atoms. The Kier molecular flexibility index (Phi) is 10.3. The van der Waals surface area contributed by atoms with Crippen molar-refractivity contribution in [1.29, 1.82) is 0 Å². The molecule has 1 aliphatic heterocycles. The van der Waals surface area contributed by atoms with Crippen molar-refractivity contribution in [2.24, 2.45) is 0 Å². The fourth-order valence-corrected chi connectivity index (χ4v) is 10.1. The standard InChI is InChI=1S/C22H22N2.C16H18N.C8H10.Al/c1-15-5-9-19(10-6-15)23-21-13-17(3)18(4)14-22(21)24-20-11-7-16(2)8-12-20;1-11-5-7-15(8-6-11)17-16-10-13(3)12(2)9-14(16)4;1-7-3-5-8(2)6-4-7;/h5-14H,1-4H3;5-10H,1-4H3;3-6H,1-2H3;/q-2;-1;;+3. The number of aryl methyl sites for hydroxylation is 10. The Morgan fingerprint density at radius 2 is 0.680 bits per heavy atom. The highest BCUT2D eigenvalue weighted by molar-refractivity contribution is 6.77. The number of benzene rings is 6. The van der Waals surface area contributed by atoms with E-state index in [4.69, 9.17) is 0 Å². The molecule has 0 saturated carbocycles. The Morgan fingerprint density at radius 1 is 0.360 bits per heavy atom. The molecule has 252 valence electrons. The molecule has 0 amide bonds. The van der Waals surface area contributed by atoms with Crippen LogP contribution in [0.3, 0.4) is 0 Å². The molecule has 0 radical (unpaired) electrons. The van der Waals surface area contributed by atoms with Crippen LogP contribution >= 0.6 is 0 Å². The third-order valence-electron chi connectivity index (χ3n) is 10.0. The van der Waals surface area contributed by atoms with Crippen molar-refractivity contribution in [2.45, 2.75) is 69.2 Å². The molecule has 1 heterocycles. The fraction of sp³-hybridized carbons (Fsp3) is 0.217. The summed E-state index contributed by atoms with van der Waals surface area (Å²) in [6, 6.07) is 45.3. The van der Waals surface area contributed by atoms with Gasteiger partial charge in [0.15, 0.2) is 0 Å². The quantitative estimate of drug-likeness (QED) is 0.169. The van der Waals surface area contributed by atoms with Gasteiger partial charge in [0.1, 0.15) is 0 Å². The van der Waals surface area contributed by atoms with Crippen LogP contribution in [0.4, 0.5) is 34.1 Å². The maximum absolute atomic E-state index is 2.67. The third-order valence-corrected chi connectivity index (χ3v) is 13.1. The summed E-state index contributed by atoms with van der Waals surface area (Å²) in [6.07, 6.45) is 0. The van der Waals surface area contributed by atoms with Crippen molar-refractivity contribution in [3.63, 3.8) is 0 Å². The lowest BCUT2D eigenvalue weighted by atomic mass is 10.0. The average Bonchev–Trinajstić information content (AvgIpc) is 3.40. The number of hydrogen-bond acceptors (Lipinski definition) is 3. The summed E-state index contributed by atoms with van der Waals surface area (Å²) < 4.78 is 8.00. The van der Waals surface area contributed by atoms with Gasteiger partial charge in [-0.2, -0.15) is 0 Å². The molecule has 7 rings (SSSR count). The topological polar surface area (TPSA) is 9.72 Å². The van der Waals surface area contributed by atoms with Gasteiger partial charge >= 0.3 is 14.8 Å². The highest BCUT2D eigenvalue weighted by atomic mass is 27.2. The Bertz CT molecular complexity index is 2000. The Hall–Kier alpha value is -4.75. The van der Waals surface area contributed by atoms with Gasteiger partial charge in [-0.15, -0.1) is 0 Å². The number of fused-ring (bicyclic) bond motifs is 1. The fourth-order valence-electron chi connectivity index (χ4n) is 6.67. The molecule has 0 bridgehead atoms. The van der Waals surface area contributed by atoms with Crippen molar-refractivity contribution in [1.82, 2.24) is 0 Å². The molecule has 6 aromatic carbocycles. The monoisotopic (exact) mass is 671 g/mol. The number of hydrogen-bond donors (Lipinski definition) is 0. The normalized spacial score (nSPS) is 12.1. The van der Waals surface area contributed by atoms with Crippen LogP contribution in [0, 0.1) is 69.2 Å². The van der Waals surface area contributed by atoms with Crippen LogP contribution in [-0.2, 0) is 0 Å². The van der Waals surface area contributed by atoms with E-state index >= 15 is 0 Å². The van der Waals surface area contributed by atoms with E-state index in [2.05, 4.69) is 202 Å². The smallest absolute Gasteiger partial charge is 0.396 e. The molecule has 0 aliphatic carbocycles. The van der Waals surface area contributed by atoms with Crippen LogP contribution in [0.5, 0.6) is 0 Å². The van der Waals surface area contributed by atoms with Crippen molar-refractivity contribution in [3.05, 3.63) is 177 Å². The van der Waals surface area contributed by atoms with Crippen LogP contribution in [-0.4, -0.2) is 14.8 Å². The predicted molar refractivity (Wildman–Crippen MR) is 218 cm³/mol. The minimum absolute atomic E-state index is 1.22. The van der Waals surface area contributed by atoms with E-state index in [1.54, 1.807) is 0 Å². The van der Waals surface area contributed by atoms with E-state index in [1.165, 1.54) is 89.8 Å². The summed E-state index contributed by atoms with van der Waals surface area (Å²) in [4.78, 5) is 0. The maximum Gasteiger partial charge on any atom is 0.756 e. The second-order valence-electron chi connectivity index (χ2n) is 14.3. The van der Waals surface area contributed by atoms with Gasteiger partial charge in [-0.25, -0.2) is 0 Å². The maximum atomic E-state index is 2.67. The summed E-state index contributed by atoms with van der Waals surface area (Å²) >= 11 is -2.27. The Morgan fingerprint density at radius 3 is 1.08 bits per heavy atom. The van der Waals surface area contributed by atoms with Crippen LogP contribution in [0.25, 0.3) is 0 Å². The first-order valence-electron chi connectivity index (χ1n) is 17.7. The first kappa shape index (κ1) is 35.1. The molecule has 4 heteroatoms. The molecule has 1 aliphatic rings. The van der Waals surface area contributed by atoms with Gasteiger partial charge in [-0.05, 0) is 152 Å². The van der Waals surface area contributed by atoms with Gasteiger partial charge in [0.05, 0.1) is 0 Å². The lowest BCUT2D eigenvalue weighted by molar-refractivity contribution is 1.21. The molecule has 0 spiro atoms. The zero-order valence-electron chi connectivity index (χ0n) is 31.5. The predicted octanol–water partition coefficient (Wildman–Crippen LogP) is 12.6. The summed E-state index contributed by atoms with van der Waals surface area (Å²) in [5, 5.41) is 0. The number of anilines is 6. The molecule has 0 atom stereocenters. The van der Waals surface area contributed by atoms with Gasteiger partial charge in [0.2, 0.25) is 0 Å². The molecule has 3 nitrogen and oxygen atoms in total. The van der Waals surface area contributed by atoms with E-state index in [0.29, 0.717) is 0 Å². The van der Waals surface area contributed by atoms with Crippen LogP contribution < -0.4 is 11.7 Å². The minimum atomic E-state index is -2.27. The van der Waals surface area contributed by atoms with Crippen LogP contribution in [0.2, 0.25) is 0 Å². The average molecular weight is 672 g/mol. The summed E-state index contributed by atoms with van der Waals surface area (Å²) in [7, 11) is 0. The molecule has 0 unspecified atom stereocenters. The van der Waals surface area contributed by atoms with Crippen LogP contribution in [0.1, 0.15) is 55.6 Å². The summed E-state index contributed by atoms with van der Waals surface area (Å²) in [6.45, 7) is 21.9. The van der Waals surface area contributed by atoms with Gasteiger partial charge in [0, 0.05) is 34.1 Å². The minimum Gasteiger partial charge on any atom is -0.396 e. The van der Waals surface area contributed by atoms with Crippen molar-refractivity contribution < 1.29 is 0 Å². The van der Waals surface area contributed by atoms with Crippen LogP contribution in [0.15, 0.2) is 121 Å². The second kappa shape index (κ2) is 14.6. The van der Waals surface area contributed by atoms with Crippen molar-refractivity contribution >= 4 is 48.9 Å². The van der Waals surface area contributed by atoms with Gasteiger partial charge < -0.3 is 11.7 Å². The summed E-state index contributed by atoms with van der Waals surface area (Å²) in [5.41, 5.74) is 20.5. The first-order valence-corrected chi connectivity index (χ1v) is 19.3. The van der Waals surface area contributed by atoms with E-state index in [-0.39, 0.29) is 0 Å². The molecule has 6 aromatic rings. The lowest BCUT2D eigenvalue weighted by Crippen LogP contribution is -2.56. The number of rotatable bonds is 5. The Labute approximate surface area is 305 Å². The van der Waals surface area contributed by atoms with Gasteiger partial charge in [-0.1, -0.05) is 94.5 Å². The summed E-state index contributed by atoms with van der Waals surface area (Å²) in [5.74, 6) is 0. The van der Waals surface area contributed by atoms with E-state index in [0.717, 1.165) is 0 Å². The first-order chi connectivity index (χ1) is 23.9. The molecular weight excluding hydrogens is 622 g/mol. The Balaban J connectivity index is 0.000000477. The third kappa shape index (κ3) is 7.24. The largest absolute Gasteiger partial charge is 0.756 e. The van der Waals surface area contributed by atoms with Crippen molar-refractivity contribution in [2.75, 3.05) is 11.7 Å². The molecule has 0 N–H and O–H groups in total. The molecule has 0 saturated heterocycles. The van der Waals surface area contributed by atoms with Gasteiger partial charge in [0.25, 0.3) is 0 Å². The highest BCUT2D eigenvalue weighted by Gasteiger charge is 2.53. The molecule has 0 fully saturated rings. The second-order valence-corrected chi connectivity index (χ2v) is 16.5. The zero-order valence-corrected chi connectivity index (χ0v) is 32.6. The van der Waals surface area contributed by atoms with Crippen molar-refractivity contribution in [3.8, 4) is 0 Å². The van der Waals surface area contributed by atoms with Gasteiger partial charge in [-0.3, -0.25) is 0 Å². The lowest BCUT2D eigenvalue weighted by Gasteiger charge is -2.39.